The molecule has 3 nitrogen and oxygen atoms in total. The van der Waals surface area contributed by atoms with Crippen LogP contribution in [-0.2, 0) is 9.53 Å². The fourth-order valence-electron chi connectivity index (χ4n) is 2.96. The van der Waals surface area contributed by atoms with Crippen LogP contribution >= 0.6 is 0 Å². The standard InChI is InChI=1S/C22H42O3/c1-4-5-6-7-8-11-14-17-21(23)18-15-12-9-10-13-16-19-25-22(24)20(2)3/h21,23H,2,4-19H2,1,3H3. The van der Waals surface area contributed by atoms with Gasteiger partial charge in [-0.05, 0) is 26.2 Å². The Labute approximate surface area is 156 Å². The summed E-state index contributed by atoms with van der Waals surface area (Å²) >= 11 is 0. The minimum Gasteiger partial charge on any atom is -0.462 e. The second kappa shape index (κ2) is 18.0. The third kappa shape index (κ3) is 17.8. The number of hydrogen-bond donors (Lipinski definition) is 1. The Kier molecular flexibility index (Phi) is 17.4. The Bertz CT molecular complexity index is 325. The van der Waals surface area contributed by atoms with Gasteiger partial charge >= 0.3 is 5.97 Å². The number of esters is 1. The van der Waals surface area contributed by atoms with Gasteiger partial charge in [0.15, 0.2) is 0 Å². The minimum atomic E-state index is -0.282. The van der Waals surface area contributed by atoms with Gasteiger partial charge in [0.05, 0.1) is 12.7 Å². The molecular weight excluding hydrogens is 312 g/mol. The van der Waals surface area contributed by atoms with Crippen molar-refractivity contribution in [2.24, 2.45) is 0 Å². The molecule has 1 atom stereocenters. The third-order valence-electron chi connectivity index (χ3n) is 4.65. The lowest BCUT2D eigenvalue weighted by Gasteiger charge is -2.10. The normalized spacial score (nSPS) is 12.1. The van der Waals surface area contributed by atoms with Crippen molar-refractivity contribution < 1.29 is 14.6 Å². The van der Waals surface area contributed by atoms with Gasteiger partial charge in [0, 0.05) is 5.57 Å². The van der Waals surface area contributed by atoms with Crippen LogP contribution in [-0.4, -0.2) is 23.8 Å². The number of rotatable bonds is 18. The number of aliphatic hydroxyl groups excluding tert-OH is 1. The molecule has 0 saturated heterocycles. The SMILES string of the molecule is C=C(C)C(=O)OCCCCCCCCC(O)CCCCCCCCC. The summed E-state index contributed by atoms with van der Waals surface area (Å²) in [6, 6.07) is 0. The summed E-state index contributed by atoms with van der Waals surface area (Å²) in [6.07, 6.45) is 17.7. The number of hydrogen-bond acceptors (Lipinski definition) is 3. The van der Waals surface area contributed by atoms with Gasteiger partial charge in [0.2, 0.25) is 0 Å². The zero-order chi connectivity index (χ0) is 18.8. The average molecular weight is 355 g/mol. The van der Waals surface area contributed by atoms with Crippen molar-refractivity contribution in [3.05, 3.63) is 12.2 Å². The van der Waals surface area contributed by atoms with Crippen LogP contribution in [0.4, 0.5) is 0 Å². The average Bonchev–Trinajstić information content (AvgIpc) is 2.59. The summed E-state index contributed by atoms with van der Waals surface area (Å²) in [4.78, 5) is 11.2. The van der Waals surface area contributed by atoms with Gasteiger partial charge in [-0.1, -0.05) is 90.6 Å². The van der Waals surface area contributed by atoms with Crippen molar-refractivity contribution in [1.29, 1.82) is 0 Å². The lowest BCUT2D eigenvalue weighted by molar-refractivity contribution is -0.139. The van der Waals surface area contributed by atoms with E-state index in [0.717, 1.165) is 32.1 Å². The van der Waals surface area contributed by atoms with Gasteiger partial charge in [-0.25, -0.2) is 4.79 Å². The molecule has 0 amide bonds. The van der Waals surface area contributed by atoms with Gasteiger partial charge in [0.25, 0.3) is 0 Å². The predicted molar refractivity (Wildman–Crippen MR) is 107 cm³/mol. The van der Waals surface area contributed by atoms with E-state index in [9.17, 15) is 9.90 Å². The monoisotopic (exact) mass is 354 g/mol. The number of ether oxygens (including phenoxy) is 1. The zero-order valence-electron chi connectivity index (χ0n) is 16.9. The first kappa shape index (κ1) is 24.2. The molecule has 0 aromatic carbocycles. The molecule has 25 heavy (non-hydrogen) atoms. The maximum Gasteiger partial charge on any atom is 0.333 e. The van der Waals surface area contributed by atoms with E-state index in [4.69, 9.17) is 4.74 Å². The van der Waals surface area contributed by atoms with Crippen LogP contribution in [0.1, 0.15) is 110 Å². The van der Waals surface area contributed by atoms with E-state index >= 15 is 0 Å². The van der Waals surface area contributed by atoms with Crippen LogP contribution < -0.4 is 0 Å². The van der Waals surface area contributed by atoms with E-state index in [2.05, 4.69) is 13.5 Å². The predicted octanol–water partition coefficient (Wildman–Crippen LogP) is 6.34. The van der Waals surface area contributed by atoms with Crippen LogP contribution in [0.25, 0.3) is 0 Å². The molecule has 0 aliphatic rings. The van der Waals surface area contributed by atoms with E-state index in [-0.39, 0.29) is 12.1 Å². The minimum absolute atomic E-state index is 0.0998. The molecular formula is C22H42O3. The zero-order valence-corrected chi connectivity index (χ0v) is 16.9. The highest BCUT2D eigenvalue weighted by molar-refractivity contribution is 5.86. The van der Waals surface area contributed by atoms with Crippen LogP contribution in [0.3, 0.4) is 0 Å². The van der Waals surface area contributed by atoms with Crippen molar-refractivity contribution >= 4 is 5.97 Å². The number of aliphatic hydroxyl groups is 1. The summed E-state index contributed by atoms with van der Waals surface area (Å²) < 4.78 is 5.07. The molecule has 1 N–H and O–H groups in total. The molecule has 148 valence electrons. The molecule has 0 rings (SSSR count). The first-order valence-electron chi connectivity index (χ1n) is 10.6. The summed E-state index contributed by atoms with van der Waals surface area (Å²) in [6.45, 7) is 7.98. The van der Waals surface area contributed by atoms with Crippen LogP contribution in [0.5, 0.6) is 0 Å². The van der Waals surface area contributed by atoms with E-state index in [1.807, 2.05) is 0 Å². The lowest BCUT2D eigenvalue weighted by atomic mass is 10.0. The quantitative estimate of drug-likeness (QED) is 0.177. The van der Waals surface area contributed by atoms with Crippen molar-refractivity contribution in [2.75, 3.05) is 6.61 Å². The van der Waals surface area contributed by atoms with Gasteiger partial charge in [-0.2, -0.15) is 0 Å². The summed E-state index contributed by atoms with van der Waals surface area (Å²) in [5, 5.41) is 10.0. The Morgan fingerprint density at radius 3 is 1.76 bits per heavy atom. The third-order valence-corrected chi connectivity index (χ3v) is 4.65. The molecule has 1 unspecified atom stereocenters. The molecule has 0 aromatic heterocycles. The molecule has 0 aromatic rings. The molecule has 0 saturated carbocycles. The highest BCUT2D eigenvalue weighted by Gasteiger charge is 2.04. The molecule has 0 aliphatic heterocycles. The maximum atomic E-state index is 11.2. The fraction of sp³-hybridized carbons (Fsp3) is 0.864. The molecule has 0 fully saturated rings. The number of carbonyl (C=O) groups excluding carboxylic acids is 1. The highest BCUT2D eigenvalue weighted by Crippen LogP contribution is 2.14. The Balaban J connectivity index is 3.23. The smallest absolute Gasteiger partial charge is 0.333 e. The molecule has 3 heteroatoms. The number of carbonyl (C=O) groups is 1. The highest BCUT2D eigenvalue weighted by atomic mass is 16.5. The number of unbranched alkanes of at least 4 members (excludes halogenated alkanes) is 11. The first-order chi connectivity index (χ1) is 12.1. The van der Waals surface area contributed by atoms with Gasteiger partial charge in [-0.15, -0.1) is 0 Å². The first-order valence-corrected chi connectivity index (χ1v) is 10.6. The van der Waals surface area contributed by atoms with Crippen LogP contribution in [0, 0.1) is 0 Å². The van der Waals surface area contributed by atoms with Gasteiger partial charge < -0.3 is 9.84 Å². The second-order valence-electron chi connectivity index (χ2n) is 7.39. The van der Waals surface area contributed by atoms with Crippen molar-refractivity contribution in [2.45, 2.75) is 116 Å². The molecule has 0 radical (unpaired) electrons. The maximum absolute atomic E-state index is 11.2. The van der Waals surface area contributed by atoms with Crippen LogP contribution in [0.15, 0.2) is 12.2 Å². The summed E-state index contributed by atoms with van der Waals surface area (Å²) in [7, 11) is 0. The van der Waals surface area contributed by atoms with Crippen molar-refractivity contribution in [1.82, 2.24) is 0 Å². The molecule has 0 heterocycles. The Morgan fingerprint density at radius 2 is 1.28 bits per heavy atom. The fourth-order valence-corrected chi connectivity index (χ4v) is 2.96. The second-order valence-corrected chi connectivity index (χ2v) is 7.39. The summed E-state index contributed by atoms with van der Waals surface area (Å²) in [5.74, 6) is -0.282. The van der Waals surface area contributed by atoms with Gasteiger partial charge in [0.1, 0.15) is 0 Å². The van der Waals surface area contributed by atoms with E-state index in [1.165, 1.54) is 64.2 Å². The van der Waals surface area contributed by atoms with Crippen molar-refractivity contribution in [3.63, 3.8) is 0 Å². The topological polar surface area (TPSA) is 46.5 Å². The van der Waals surface area contributed by atoms with E-state index < -0.39 is 0 Å². The van der Waals surface area contributed by atoms with E-state index in [1.54, 1.807) is 6.92 Å². The van der Waals surface area contributed by atoms with Crippen molar-refractivity contribution in [3.8, 4) is 0 Å². The van der Waals surface area contributed by atoms with Crippen LogP contribution in [0.2, 0.25) is 0 Å². The summed E-state index contributed by atoms with van der Waals surface area (Å²) in [5.41, 5.74) is 0.468. The molecule has 0 bridgehead atoms. The lowest BCUT2D eigenvalue weighted by Crippen LogP contribution is -2.06. The Morgan fingerprint density at radius 1 is 0.840 bits per heavy atom. The van der Waals surface area contributed by atoms with Gasteiger partial charge in [-0.3, -0.25) is 0 Å². The van der Waals surface area contributed by atoms with E-state index in [0.29, 0.717) is 12.2 Å². The largest absolute Gasteiger partial charge is 0.462 e. The molecule has 0 spiro atoms. The molecule has 0 aliphatic carbocycles. The Hall–Kier alpha value is -0.830.